The first-order chi connectivity index (χ1) is 31.9. The highest BCUT2D eigenvalue weighted by atomic mass is 35.5. The van der Waals surface area contributed by atoms with Crippen molar-refractivity contribution in [1.29, 1.82) is 0 Å². The Morgan fingerprint density at radius 3 is 2.52 bits per heavy atom. The number of methoxy groups -OCH3 is 1. The van der Waals surface area contributed by atoms with Crippen LogP contribution in [0.4, 0.5) is 5.69 Å². The predicted octanol–water partition coefficient (Wildman–Crippen LogP) is 4.66. The number of nitrogens with zero attached hydrogens (tertiary/aromatic N) is 5. The Bertz CT molecular complexity index is 3100. The van der Waals surface area contributed by atoms with Gasteiger partial charge in [0.05, 0.1) is 41.6 Å². The van der Waals surface area contributed by atoms with Crippen LogP contribution >= 0.6 is 11.6 Å². The number of hydrogen-bond acceptors (Lipinski definition) is 12. The second-order valence-corrected chi connectivity index (χ2v) is 16.3. The van der Waals surface area contributed by atoms with Crippen LogP contribution in [0.2, 0.25) is 5.02 Å². The predicted molar refractivity (Wildman–Crippen MR) is 240 cm³/mol. The first-order valence-electron chi connectivity index (χ1n) is 20.9. The van der Waals surface area contributed by atoms with Gasteiger partial charge in [-0.15, -0.1) is 10.2 Å². The number of aryl methyl sites for hydroxylation is 1. The smallest absolute Gasteiger partial charge is 0.519 e. The number of carbonyl (C=O) groups excluding carboxylic acids is 6. The molecule has 1 unspecified atom stereocenters. The third-order valence-electron chi connectivity index (χ3n) is 11.7. The Hall–Kier alpha value is -8.12. The van der Waals surface area contributed by atoms with E-state index < -0.39 is 48.7 Å². The van der Waals surface area contributed by atoms with Gasteiger partial charge in [0, 0.05) is 40.3 Å². The first-order valence-corrected chi connectivity index (χ1v) is 21.3. The molecule has 6 aromatic rings. The average Bonchev–Trinajstić information content (AvgIpc) is 3.98. The van der Waals surface area contributed by atoms with Crippen molar-refractivity contribution in [3.8, 4) is 22.9 Å². The summed E-state index contributed by atoms with van der Waals surface area (Å²) in [4.78, 5) is 84.9. The zero-order chi connectivity index (χ0) is 45.8. The number of benzene rings is 5. The van der Waals surface area contributed by atoms with E-state index in [2.05, 4.69) is 26.1 Å². The van der Waals surface area contributed by atoms with Crippen molar-refractivity contribution in [3.63, 3.8) is 0 Å². The normalized spacial score (nSPS) is 17.0. The SMILES string of the molecule is COc1ccc2c(c1)C(c1ccc(Cl)cc1)=N[C@@H](CC(=O)Nc1cccc(B3Oc4cccc(C(=O)NCc5cccc6c5C(=O)N(C5CCC(=O)NC5=O)C6=O)c4O3)c1)c1nnc(C)n1-2. The van der Waals surface area contributed by atoms with Gasteiger partial charge in [-0.05, 0) is 79.6 Å². The minimum Gasteiger partial charge on any atom is -0.519 e. The zero-order valence-electron chi connectivity index (χ0n) is 35.2. The minimum absolute atomic E-state index is 0.00770. The summed E-state index contributed by atoms with van der Waals surface area (Å²) in [6.07, 6.45) is -0.0732. The summed E-state index contributed by atoms with van der Waals surface area (Å²) in [5.41, 5.74) is 4.67. The second kappa shape index (κ2) is 16.8. The molecule has 3 N–H and O–H groups in total. The number of aliphatic imine (C=N–C) groups is 1. The largest absolute Gasteiger partial charge is 0.632 e. The van der Waals surface area contributed by atoms with Crippen molar-refractivity contribution < 1.29 is 42.8 Å². The van der Waals surface area contributed by atoms with E-state index in [0.29, 0.717) is 50.6 Å². The monoisotopic (exact) mass is 902 g/mol. The molecule has 19 heteroatoms. The van der Waals surface area contributed by atoms with Gasteiger partial charge in [-0.3, -0.25) is 48.5 Å². The lowest BCUT2D eigenvalue weighted by atomic mass is 9.79. The Kier molecular flexibility index (Phi) is 10.6. The number of para-hydroxylation sites is 1. The van der Waals surface area contributed by atoms with Crippen LogP contribution in [-0.4, -0.2) is 81.1 Å². The van der Waals surface area contributed by atoms with Gasteiger partial charge < -0.3 is 24.7 Å². The molecule has 328 valence electrons. The van der Waals surface area contributed by atoms with Crippen molar-refractivity contribution >= 4 is 71.0 Å². The number of aromatic nitrogens is 3. The van der Waals surface area contributed by atoms with E-state index in [1.165, 1.54) is 6.07 Å². The number of fused-ring (bicyclic) bond motifs is 5. The maximum Gasteiger partial charge on any atom is 0.632 e. The molecule has 0 saturated carbocycles. The van der Waals surface area contributed by atoms with Gasteiger partial charge in [-0.2, -0.15) is 0 Å². The van der Waals surface area contributed by atoms with Crippen LogP contribution in [0.15, 0.2) is 108 Å². The van der Waals surface area contributed by atoms with Crippen LogP contribution in [0.25, 0.3) is 5.69 Å². The lowest BCUT2D eigenvalue weighted by Gasteiger charge is -2.27. The highest BCUT2D eigenvalue weighted by molar-refractivity contribution is 6.64. The van der Waals surface area contributed by atoms with E-state index in [9.17, 15) is 28.8 Å². The van der Waals surface area contributed by atoms with Crippen LogP contribution < -0.4 is 35.5 Å². The summed E-state index contributed by atoms with van der Waals surface area (Å²) in [6, 6.07) is 27.6. The number of ether oxygens (including phenoxy) is 1. The molecule has 1 aromatic heterocycles. The molecule has 1 saturated heterocycles. The maximum atomic E-state index is 13.9. The molecule has 4 aliphatic heterocycles. The van der Waals surface area contributed by atoms with Crippen molar-refractivity contribution in [2.45, 2.75) is 44.8 Å². The van der Waals surface area contributed by atoms with Crippen LogP contribution in [0.1, 0.15) is 84.7 Å². The highest BCUT2D eigenvalue weighted by Crippen LogP contribution is 2.38. The van der Waals surface area contributed by atoms with Gasteiger partial charge in [-0.1, -0.05) is 54.1 Å². The number of nitrogens with one attached hydrogen (secondary N) is 3. The van der Waals surface area contributed by atoms with E-state index in [0.717, 1.165) is 21.7 Å². The fourth-order valence-corrected chi connectivity index (χ4v) is 8.75. The van der Waals surface area contributed by atoms with E-state index in [4.69, 9.17) is 30.6 Å². The fraction of sp³-hybridized carbons (Fsp3) is 0.170. The highest BCUT2D eigenvalue weighted by Gasteiger charge is 2.46. The standard InChI is InChI=1S/C47H36BClN8O9/c1-24-54-55-43-34(52-41(25-12-14-28(49)15-13-25)33-21-30(64-2)16-17-35(33)56(24)43)22-39(59)51-29-8-4-7-27(20-29)48-65-37-11-5-10-32(42(37)66-48)44(60)50-23-26-6-3-9-31-40(26)47(63)57(46(31)62)36-18-19-38(58)53-45(36)61/h3-17,20-21,34,36H,18-19,22-23H2,1-2H3,(H,50,60)(H,51,59)(H,53,58,61)/t34-,36?/m0/s1. The third-order valence-corrected chi connectivity index (χ3v) is 12.0. The lowest BCUT2D eigenvalue weighted by molar-refractivity contribution is -0.136. The number of halogens is 1. The number of hydrogen-bond donors (Lipinski definition) is 3. The van der Waals surface area contributed by atoms with Gasteiger partial charge in [0.25, 0.3) is 17.7 Å². The molecule has 5 aromatic carbocycles. The van der Waals surface area contributed by atoms with Crippen LogP contribution in [0.3, 0.4) is 0 Å². The molecule has 17 nitrogen and oxygen atoms in total. The number of carbonyl (C=O) groups is 6. The summed E-state index contributed by atoms with van der Waals surface area (Å²) in [5.74, 6) is -1.17. The van der Waals surface area contributed by atoms with Crippen molar-refractivity contribution in [1.82, 2.24) is 30.3 Å². The zero-order valence-corrected chi connectivity index (χ0v) is 35.9. The number of anilines is 1. The van der Waals surface area contributed by atoms with Gasteiger partial charge in [0.15, 0.2) is 11.6 Å². The molecule has 5 heterocycles. The summed E-state index contributed by atoms with van der Waals surface area (Å²) >= 11 is 6.26. The summed E-state index contributed by atoms with van der Waals surface area (Å²) in [5, 5.41) is 17.4. The van der Waals surface area contributed by atoms with Crippen molar-refractivity contribution in [2.24, 2.45) is 4.99 Å². The van der Waals surface area contributed by atoms with Crippen LogP contribution in [-0.2, 0) is 20.9 Å². The van der Waals surface area contributed by atoms with E-state index in [-0.39, 0.29) is 54.2 Å². The average molecular weight is 903 g/mol. The molecule has 0 bridgehead atoms. The number of imide groups is 2. The van der Waals surface area contributed by atoms with Gasteiger partial charge in [0.2, 0.25) is 17.7 Å². The van der Waals surface area contributed by atoms with Gasteiger partial charge >= 0.3 is 7.12 Å². The van der Waals surface area contributed by atoms with Gasteiger partial charge in [-0.25, -0.2) is 0 Å². The van der Waals surface area contributed by atoms with Crippen molar-refractivity contribution in [3.05, 3.63) is 153 Å². The number of piperidine rings is 1. The molecule has 10 rings (SSSR count). The van der Waals surface area contributed by atoms with Crippen molar-refractivity contribution in [2.75, 3.05) is 12.4 Å². The molecule has 0 aliphatic carbocycles. The summed E-state index contributed by atoms with van der Waals surface area (Å²) < 4.78 is 19.9. The van der Waals surface area contributed by atoms with Crippen LogP contribution in [0.5, 0.6) is 17.2 Å². The van der Waals surface area contributed by atoms with E-state index in [1.54, 1.807) is 73.8 Å². The Morgan fingerprint density at radius 1 is 0.909 bits per heavy atom. The molecule has 4 aliphatic rings. The van der Waals surface area contributed by atoms with E-state index >= 15 is 0 Å². The lowest BCUT2D eigenvalue weighted by Crippen LogP contribution is -2.54. The molecule has 2 atom stereocenters. The molecule has 0 radical (unpaired) electrons. The molecule has 0 spiro atoms. The number of rotatable bonds is 10. The molecule has 6 amide bonds. The van der Waals surface area contributed by atoms with Crippen LogP contribution in [0, 0.1) is 6.92 Å². The molecule has 66 heavy (non-hydrogen) atoms. The third kappa shape index (κ3) is 7.49. The maximum absolute atomic E-state index is 13.9. The quantitative estimate of drug-likeness (QED) is 0.127. The van der Waals surface area contributed by atoms with E-state index in [1.807, 2.05) is 41.8 Å². The summed E-state index contributed by atoms with van der Waals surface area (Å²) in [6.45, 7) is 1.71. The molecular formula is C47H36BClN8O9. The molecular weight excluding hydrogens is 867 g/mol. The number of amides is 6. The van der Waals surface area contributed by atoms with Gasteiger partial charge in [0.1, 0.15) is 29.4 Å². The Labute approximate surface area is 381 Å². The first kappa shape index (κ1) is 41.9. The molecule has 1 fully saturated rings. The Balaban J connectivity index is 0.839. The minimum atomic E-state index is -1.12. The second-order valence-electron chi connectivity index (χ2n) is 15.9. The summed E-state index contributed by atoms with van der Waals surface area (Å²) in [7, 11) is 0.615. The topological polar surface area (TPSA) is 213 Å². The fourth-order valence-electron chi connectivity index (χ4n) is 8.62. The Morgan fingerprint density at radius 2 is 1.71 bits per heavy atom.